The van der Waals surface area contributed by atoms with Crippen LogP contribution in [0.4, 0.5) is 0 Å². The number of amides is 1. The van der Waals surface area contributed by atoms with Gasteiger partial charge in [0.1, 0.15) is 17.6 Å². The number of carbonyl (C=O) groups is 1. The van der Waals surface area contributed by atoms with E-state index in [0.717, 1.165) is 28.9 Å². The zero-order valence-electron chi connectivity index (χ0n) is 14.2. The molecule has 0 spiro atoms. The van der Waals surface area contributed by atoms with E-state index in [-0.39, 0.29) is 5.91 Å². The summed E-state index contributed by atoms with van der Waals surface area (Å²) < 4.78 is 6.05. The maximum absolute atomic E-state index is 11.2. The molecule has 2 aromatic carbocycles. The van der Waals surface area contributed by atoms with Crippen LogP contribution in [0, 0.1) is 25.2 Å². The molecule has 0 saturated carbocycles. The van der Waals surface area contributed by atoms with Gasteiger partial charge >= 0.3 is 0 Å². The molecule has 0 aromatic heterocycles. The minimum atomic E-state index is -0.0222. The maximum Gasteiger partial charge on any atom is 0.246 e. The summed E-state index contributed by atoms with van der Waals surface area (Å²) in [4.78, 5) is 11.2. The molecule has 0 fully saturated rings. The van der Waals surface area contributed by atoms with Gasteiger partial charge in [-0.3, -0.25) is 4.79 Å². The Labute approximate surface area is 149 Å². The fraction of sp³-hybridized carbons (Fsp3) is 0.200. The zero-order valence-corrected chi connectivity index (χ0v) is 15.2. The van der Waals surface area contributed by atoms with Gasteiger partial charge in [0.05, 0.1) is 5.56 Å². The number of nitrogens with one attached hydrogen (secondary N) is 1. The monoisotopic (exact) mass is 350 g/mol. The number of aryl methyl sites for hydroxylation is 2. The lowest BCUT2D eigenvalue weighted by atomic mass is 10.1. The van der Waals surface area contributed by atoms with Gasteiger partial charge in [-0.25, -0.2) is 0 Å². The number of ether oxygens (including phenoxy) is 1. The van der Waals surface area contributed by atoms with Crippen molar-refractivity contribution in [3.05, 3.63) is 70.8 Å². The van der Waals surface area contributed by atoms with E-state index in [1.807, 2.05) is 50.3 Å². The molecular weight excluding hydrogens is 331 g/mol. The summed E-state index contributed by atoms with van der Waals surface area (Å²) in [5.74, 6) is 1.31. The van der Waals surface area contributed by atoms with Crippen LogP contribution in [0.1, 0.15) is 22.3 Å². The van der Waals surface area contributed by atoms with Gasteiger partial charge in [0, 0.05) is 5.66 Å². The Kier molecular flexibility index (Phi) is 5.16. The summed E-state index contributed by atoms with van der Waals surface area (Å²) in [5.41, 5.74) is 3.93. The molecule has 1 heterocycles. The van der Waals surface area contributed by atoms with Crippen molar-refractivity contribution in [3.8, 4) is 17.6 Å². The Morgan fingerprint density at radius 3 is 2.76 bits per heavy atom. The summed E-state index contributed by atoms with van der Waals surface area (Å²) in [7, 11) is 0.392. The van der Waals surface area contributed by atoms with Crippen LogP contribution in [-0.2, 0) is 11.2 Å². The SMILES string of the molecule is Cc1ccc(CC2C=CC(=O)NP2)cc1Oc1cccc(C)c1C#N. The van der Waals surface area contributed by atoms with Crippen LogP contribution in [0.5, 0.6) is 11.5 Å². The van der Waals surface area contributed by atoms with E-state index in [1.165, 1.54) is 0 Å². The minimum Gasteiger partial charge on any atom is -0.456 e. The van der Waals surface area contributed by atoms with Crippen molar-refractivity contribution >= 4 is 14.6 Å². The molecule has 0 saturated heterocycles. The lowest BCUT2D eigenvalue weighted by molar-refractivity contribution is -0.114. The van der Waals surface area contributed by atoms with Crippen LogP contribution in [0.2, 0.25) is 0 Å². The Balaban J connectivity index is 1.83. The number of rotatable bonds is 4. The van der Waals surface area contributed by atoms with E-state index in [9.17, 15) is 10.1 Å². The number of nitrogens with zero attached hydrogens (tertiary/aromatic N) is 1. The quantitative estimate of drug-likeness (QED) is 0.842. The number of carbonyl (C=O) groups excluding carboxylic acids is 1. The van der Waals surface area contributed by atoms with Gasteiger partial charge < -0.3 is 9.82 Å². The largest absolute Gasteiger partial charge is 0.456 e. The van der Waals surface area contributed by atoms with Gasteiger partial charge in [-0.2, -0.15) is 5.26 Å². The fourth-order valence-electron chi connectivity index (χ4n) is 2.70. The van der Waals surface area contributed by atoms with Gasteiger partial charge in [0.2, 0.25) is 5.91 Å². The molecule has 25 heavy (non-hydrogen) atoms. The lowest BCUT2D eigenvalue weighted by Crippen LogP contribution is -2.21. The highest BCUT2D eigenvalue weighted by atomic mass is 31.1. The third kappa shape index (κ3) is 4.07. The van der Waals surface area contributed by atoms with Crippen molar-refractivity contribution in [2.24, 2.45) is 0 Å². The number of benzene rings is 2. The molecule has 1 aliphatic rings. The Bertz CT molecular complexity index is 884. The Hall–Kier alpha value is -2.63. The summed E-state index contributed by atoms with van der Waals surface area (Å²) in [6, 6.07) is 14.0. The van der Waals surface area contributed by atoms with Crippen molar-refractivity contribution in [1.29, 1.82) is 5.26 Å². The molecule has 2 unspecified atom stereocenters. The van der Waals surface area contributed by atoms with Crippen LogP contribution >= 0.6 is 8.73 Å². The predicted molar refractivity (Wildman–Crippen MR) is 100 cm³/mol. The van der Waals surface area contributed by atoms with Crippen LogP contribution < -0.4 is 9.82 Å². The number of hydrogen-bond donors (Lipinski definition) is 1. The molecule has 1 aliphatic heterocycles. The highest BCUT2D eigenvalue weighted by Crippen LogP contribution is 2.31. The standard InChI is InChI=1S/C20H19N2O2P/c1-13-4-3-5-18(17(13)12-21)24-19-11-15(7-6-14(19)2)10-16-8-9-20(23)22-25-16/h3-9,11,16,25H,10H2,1-2H3,(H,22,23). The third-order valence-electron chi connectivity index (χ3n) is 4.14. The molecule has 3 rings (SSSR count). The maximum atomic E-state index is 11.2. The summed E-state index contributed by atoms with van der Waals surface area (Å²) >= 11 is 0. The second-order valence-corrected chi connectivity index (χ2v) is 7.35. The van der Waals surface area contributed by atoms with E-state index in [1.54, 1.807) is 6.08 Å². The molecule has 1 N–H and O–H groups in total. The Morgan fingerprint density at radius 2 is 2.04 bits per heavy atom. The van der Waals surface area contributed by atoms with Gasteiger partial charge in [-0.15, -0.1) is 0 Å². The van der Waals surface area contributed by atoms with Crippen molar-refractivity contribution in [3.63, 3.8) is 0 Å². The zero-order chi connectivity index (χ0) is 17.8. The molecule has 0 bridgehead atoms. The van der Waals surface area contributed by atoms with E-state index in [0.29, 0.717) is 25.7 Å². The van der Waals surface area contributed by atoms with E-state index in [4.69, 9.17) is 4.74 Å². The van der Waals surface area contributed by atoms with E-state index >= 15 is 0 Å². The second-order valence-electron chi connectivity index (χ2n) is 6.07. The number of hydrogen-bond acceptors (Lipinski definition) is 3. The van der Waals surface area contributed by atoms with Crippen LogP contribution in [0.3, 0.4) is 0 Å². The van der Waals surface area contributed by atoms with Crippen LogP contribution in [0.25, 0.3) is 0 Å². The molecule has 0 aliphatic carbocycles. The smallest absolute Gasteiger partial charge is 0.246 e. The third-order valence-corrected chi connectivity index (χ3v) is 5.29. The topological polar surface area (TPSA) is 62.1 Å². The first-order chi connectivity index (χ1) is 12.1. The molecule has 5 heteroatoms. The minimum absolute atomic E-state index is 0.0222. The molecule has 126 valence electrons. The van der Waals surface area contributed by atoms with Gasteiger partial charge in [-0.05, 0) is 63.9 Å². The molecule has 2 aromatic rings. The van der Waals surface area contributed by atoms with Crippen molar-refractivity contribution in [2.45, 2.75) is 25.9 Å². The fourth-order valence-corrected chi connectivity index (χ4v) is 3.64. The van der Waals surface area contributed by atoms with E-state index in [2.05, 4.69) is 17.2 Å². The first-order valence-corrected chi connectivity index (χ1v) is 9.15. The average Bonchev–Trinajstić information content (AvgIpc) is 2.60. The molecule has 1 amide bonds. The number of allylic oxidation sites excluding steroid dienone is 1. The second kappa shape index (κ2) is 7.51. The summed E-state index contributed by atoms with van der Waals surface area (Å²) in [6.07, 6.45) is 4.40. The lowest BCUT2D eigenvalue weighted by Gasteiger charge is -2.18. The molecule has 4 nitrogen and oxygen atoms in total. The highest BCUT2D eigenvalue weighted by molar-refractivity contribution is 7.38. The molecule has 2 atom stereocenters. The van der Waals surface area contributed by atoms with E-state index < -0.39 is 0 Å². The number of nitriles is 1. The van der Waals surface area contributed by atoms with Crippen molar-refractivity contribution in [1.82, 2.24) is 5.09 Å². The van der Waals surface area contributed by atoms with Crippen molar-refractivity contribution in [2.75, 3.05) is 0 Å². The first-order valence-electron chi connectivity index (χ1n) is 8.07. The normalized spacial score (nSPS) is 17.2. The first kappa shape index (κ1) is 17.2. The van der Waals surface area contributed by atoms with Crippen LogP contribution in [0.15, 0.2) is 48.6 Å². The average molecular weight is 350 g/mol. The Morgan fingerprint density at radius 1 is 1.20 bits per heavy atom. The van der Waals surface area contributed by atoms with Gasteiger partial charge in [0.25, 0.3) is 0 Å². The summed E-state index contributed by atoms with van der Waals surface area (Å²) in [6.45, 7) is 3.89. The summed E-state index contributed by atoms with van der Waals surface area (Å²) in [5, 5.41) is 12.2. The van der Waals surface area contributed by atoms with Crippen molar-refractivity contribution < 1.29 is 9.53 Å². The van der Waals surface area contributed by atoms with Crippen LogP contribution in [-0.4, -0.2) is 11.6 Å². The van der Waals surface area contributed by atoms with Gasteiger partial charge in [0.15, 0.2) is 0 Å². The molecular formula is C20H19N2O2P. The van der Waals surface area contributed by atoms with Gasteiger partial charge in [-0.1, -0.05) is 30.3 Å². The highest BCUT2D eigenvalue weighted by Gasteiger charge is 2.14. The molecule has 0 radical (unpaired) electrons. The predicted octanol–water partition coefficient (Wildman–Crippen LogP) is 4.16.